The maximum atomic E-state index is 10.1. The Kier molecular flexibility index (Phi) is 6.05. The maximum Gasteiger partial charge on any atom is 0.0705 e. The van der Waals surface area contributed by atoms with Crippen LogP contribution in [-0.4, -0.2) is 10.1 Å². The van der Waals surface area contributed by atoms with Crippen molar-refractivity contribution in [3.05, 3.63) is 58.8 Å². The van der Waals surface area contributed by atoms with Crippen LogP contribution in [0.3, 0.4) is 0 Å². The fourth-order valence-corrected chi connectivity index (χ4v) is 3.19. The average molecular weight is 339 g/mol. The van der Waals surface area contributed by atoms with Gasteiger partial charge in [-0.25, -0.2) is 0 Å². The minimum absolute atomic E-state index is 0.00891. The lowest BCUT2D eigenvalue weighted by Gasteiger charge is -2.26. The van der Waals surface area contributed by atoms with Crippen molar-refractivity contribution in [2.24, 2.45) is 11.3 Å². The highest BCUT2D eigenvalue weighted by molar-refractivity contribution is 5.74. The van der Waals surface area contributed by atoms with Gasteiger partial charge in [0.15, 0.2) is 0 Å². The van der Waals surface area contributed by atoms with Gasteiger partial charge in [0.1, 0.15) is 0 Å². The monoisotopic (exact) mass is 338 g/mol. The Hall–Kier alpha value is -1.67. The molecule has 0 aliphatic carbocycles. The van der Waals surface area contributed by atoms with E-state index in [1.807, 2.05) is 6.92 Å². The predicted molar refractivity (Wildman–Crippen MR) is 106 cm³/mol. The first-order chi connectivity index (χ1) is 11.6. The van der Waals surface area contributed by atoms with Crippen LogP contribution < -0.4 is 0 Å². The highest BCUT2D eigenvalue weighted by Crippen LogP contribution is 2.37. The molecular formula is C23H32NO. The quantitative estimate of drug-likeness (QED) is 0.763. The van der Waals surface area contributed by atoms with E-state index in [4.69, 9.17) is 4.98 Å². The number of hydrogen-bond donors (Lipinski definition) is 1. The molecule has 1 heterocycles. The molecule has 0 spiro atoms. The second-order valence-electron chi connectivity index (χ2n) is 8.54. The van der Waals surface area contributed by atoms with E-state index in [1.165, 1.54) is 11.1 Å². The van der Waals surface area contributed by atoms with Gasteiger partial charge in [0, 0.05) is 17.0 Å². The van der Waals surface area contributed by atoms with Crippen LogP contribution in [0.2, 0.25) is 0 Å². The summed E-state index contributed by atoms with van der Waals surface area (Å²) < 4.78 is 0. The van der Waals surface area contributed by atoms with E-state index < -0.39 is 0 Å². The molecule has 25 heavy (non-hydrogen) atoms. The lowest BCUT2D eigenvalue weighted by Crippen LogP contribution is -2.15. The first-order valence-electron chi connectivity index (χ1n) is 9.18. The molecule has 0 bridgehead atoms. The molecule has 2 heteroatoms. The fourth-order valence-electron chi connectivity index (χ4n) is 3.19. The molecule has 2 aromatic rings. The van der Waals surface area contributed by atoms with Crippen LogP contribution in [0.15, 0.2) is 24.3 Å². The minimum Gasteiger partial charge on any atom is -0.392 e. The summed E-state index contributed by atoms with van der Waals surface area (Å²) in [6.45, 7) is 15.2. The van der Waals surface area contributed by atoms with Crippen LogP contribution in [0.5, 0.6) is 0 Å². The van der Waals surface area contributed by atoms with Gasteiger partial charge in [-0.05, 0) is 54.7 Å². The SMILES string of the molecule is Cc1ccc(-c2c([CH]C(C)(C)C)c(CC(C)C)nc(C)c2CO)cc1. The van der Waals surface area contributed by atoms with E-state index in [1.54, 1.807) is 0 Å². The zero-order chi connectivity index (χ0) is 18.8. The van der Waals surface area contributed by atoms with Crippen molar-refractivity contribution in [2.75, 3.05) is 0 Å². The molecule has 135 valence electrons. The lowest BCUT2D eigenvalue weighted by molar-refractivity contribution is 0.281. The normalized spacial score (nSPS) is 12.0. The molecule has 0 saturated heterocycles. The molecule has 0 saturated carbocycles. The molecule has 2 nitrogen and oxygen atoms in total. The third kappa shape index (κ3) is 4.92. The van der Waals surface area contributed by atoms with Gasteiger partial charge in [0.2, 0.25) is 0 Å². The molecule has 0 atom stereocenters. The minimum atomic E-state index is 0.00891. The third-order valence-electron chi connectivity index (χ3n) is 4.30. The van der Waals surface area contributed by atoms with E-state index >= 15 is 0 Å². The molecule has 1 N–H and O–H groups in total. The van der Waals surface area contributed by atoms with Crippen molar-refractivity contribution >= 4 is 0 Å². The zero-order valence-electron chi connectivity index (χ0n) is 16.8. The summed E-state index contributed by atoms with van der Waals surface area (Å²) in [4.78, 5) is 4.88. The Morgan fingerprint density at radius 2 is 1.68 bits per heavy atom. The molecule has 0 aliphatic heterocycles. The molecule has 0 unspecified atom stereocenters. The van der Waals surface area contributed by atoms with Crippen LogP contribution in [0.1, 0.15) is 62.7 Å². The first-order valence-corrected chi connectivity index (χ1v) is 9.18. The largest absolute Gasteiger partial charge is 0.392 e. The van der Waals surface area contributed by atoms with Crippen molar-refractivity contribution in [3.63, 3.8) is 0 Å². The molecule has 0 amide bonds. The summed E-state index contributed by atoms with van der Waals surface area (Å²) in [5, 5.41) is 10.1. The molecule has 1 radical (unpaired) electrons. The second kappa shape index (κ2) is 7.70. The number of rotatable bonds is 5. The zero-order valence-corrected chi connectivity index (χ0v) is 16.8. The number of pyridine rings is 1. The number of aromatic nitrogens is 1. The summed E-state index contributed by atoms with van der Waals surface area (Å²) in [6, 6.07) is 8.58. The van der Waals surface area contributed by atoms with Gasteiger partial charge in [-0.2, -0.15) is 0 Å². The molecule has 1 aromatic carbocycles. The van der Waals surface area contributed by atoms with E-state index in [9.17, 15) is 5.11 Å². The third-order valence-corrected chi connectivity index (χ3v) is 4.30. The number of benzene rings is 1. The van der Waals surface area contributed by atoms with Crippen molar-refractivity contribution in [1.82, 2.24) is 4.98 Å². The first kappa shape index (κ1) is 19.7. The van der Waals surface area contributed by atoms with Gasteiger partial charge in [0.05, 0.1) is 6.61 Å². The molecule has 0 fully saturated rings. The Balaban J connectivity index is 2.78. The number of hydrogen-bond acceptors (Lipinski definition) is 2. The Morgan fingerprint density at radius 3 is 2.16 bits per heavy atom. The average Bonchev–Trinajstić information content (AvgIpc) is 2.48. The van der Waals surface area contributed by atoms with Gasteiger partial charge in [-0.15, -0.1) is 0 Å². The van der Waals surface area contributed by atoms with Gasteiger partial charge in [-0.3, -0.25) is 4.98 Å². The highest BCUT2D eigenvalue weighted by atomic mass is 16.3. The second-order valence-corrected chi connectivity index (χ2v) is 8.54. The number of nitrogens with zero attached hydrogens (tertiary/aromatic N) is 1. The van der Waals surface area contributed by atoms with Crippen LogP contribution in [0.25, 0.3) is 11.1 Å². The molecule has 2 rings (SSSR count). The van der Waals surface area contributed by atoms with Crippen molar-refractivity contribution < 1.29 is 5.11 Å². The highest BCUT2D eigenvalue weighted by Gasteiger charge is 2.23. The van der Waals surface area contributed by atoms with Crippen LogP contribution in [-0.2, 0) is 13.0 Å². The summed E-state index contributed by atoms with van der Waals surface area (Å²) in [5.41, 5.74) is 7.75. The number of aliphatic hydroxyl groups excluding tert-OH is 1. The van der Waals surface area contributed by atoms with Gasteiger partial charge < -0.3 is 5.11 Å². The number of aliphatic hydroxyl groups is 1. The molecule has 0 aliphatic rings. The number of aryl methyl sites for hydroxylation is 2. The van der Waals surface area contributed by atoms with Crippen molar-refractivity contribution in [3.8, 4) is 11.1 Å². The lowest BCUT2D eigenvalue weighted by atomic mass is 9.81. The van der Waals surface area contributed by atoms with E-state index in [0.29, 0.717) is 5.92 Å². The summed E-state index contributed by atoms with van der Waals surface area (Å²) in [6.07, 6.45) is 3.25. The van der Waals surface area contributed by atoms with Crippen LogP contribution >= 0.6 is 0 Å². The standard InChI is InChI=1S/C23H32NO/c1-15(2)12-21-19(13-23(5,6)7)22(20(14-25)17(4)24-21)18-10-8-16(3)9-11-18/h8-11,13,15,25H,12,14H2,1-7H3. The Morgan fingerprint density at radius 1 is 1.08 bits per heavy atom. The fraction of sp³-hybridized carbons (Fsp3) is 0.478. The maximum absolute atomic E-state index is 10.1. The summed E-state index contributed by atoms with van der Waals surface area (Å²) >= 11 is 0. The summed E-state index contributed by atoms with van der Waals surface area (Å²) in [7, 11) is 0. The summed E-state index contributed by atoms with van der Waals surface area (Å²) in [5.74, 6) is 0.532. The van der Waals surface area contributed by atoms with Crippen molar-refractivity contribution in [1.29, 1.82) is 0 Å². The smallest absolute Gasteiger partial charge is 0.0705 e. The van der Waals surface area contributed by atoms with Crippen LogP contribution in [0.4, 0.5) is 0 Å². The van der Waals surface area contributed by atoms with Crippen molar-refractivity contribution in [2.45, 2.75) is 61.5 Å². The molecule has 1 aromatic heterocycles. The predicted octanol–water partition coefficient (Wildman–Crippen LogP) is 5.65. The van der Waals surface area contributed by atoms with Gasteiger partial charge in [-0.1, -0.05) is 64.4 Å². The van der Waals surface area contributed by atoms with E-state index in [0.717, 1.165) is 34.5 Å². The Labute approximate surface area is 153 Å². The topological polar surface area (TPSA) is 33.1 Å². The van der Waals surface area contributed by atoms with Crippen LogP contribution in [0, 0.1) is 31.6 Å². The van der Waals surface area contributed by atoms with E-state index in [2.05, 4.69) is 72.2 Å². The van der Waals surface area contributed by atoms with Gasteiger partial charge in [0.25, 0.3) is 0 Å². The molecular weight excluding hydrogens is 306 g/mol. The van der Waals surface area contributed by atoms with Gasteiger partial charge >= 0.3 is 0 Å². The Bertz CT molecular complexity index is 721. The van der Waals surface area contributed by atoms with E-state index in [-0.39, 0.29) is 12.0 Å².